The molecule has 134 valence electrons. The monoisotopic (exact) mass is 335 g/mol. The molecule has 0 saturated heterocycles. The second-order valence-corrected chi connectivity index (χ2v) is 5.90. The van der Waals surface area contributed by atoms with E-state index >= 15 is 0 Å². The van der Waals surface area contributed by atoms with Crippen molar-refractivity contribution in [2.24, 2.45) is 10.9 Å². The highest BCUT2D eigenvalue weighted by molar-refractivity contribution is 5.79. The molecule has 0 unspecified atom stereocenters. The average Bonchev–Trinajstić information content (AvgIpc) is 3.44. The van der Waals surface area contributed by atoms with E-state index < -0.39 is 0 Å². The molecule has 0 radical (unpaired) electrons. The topological polar surface area (TPSA) is 64.1 Å². The van der Waals surface area contributed by atoms with Gasteiger partial charge in [-0.25, -0.2) is 0 Å². The van der Waals surface area contributed by atoms with E-state index in [1.54, 1.807) is 21.3 Å². The third-order valence-electron chi connectivity index (χ3n) is 3.97. The summed E-state index contributed by atoms with van der Waals surface area (Å²) in [5.74, 6) is 3.18. The van der Waals surface area contributed by atoms with Crippen LogP contribution in [-0.4, -0.2) is 47.0 Å². The Hall–Kier alpha value is -1.95. The fourth-order valence-electron chi connectivity index (χ4n) is 2.31. The van der Waals surface area contributed by atoms with E-state index in [0.717, 1.165) is 55.1 Å². The molecule has 1 aliphatic carbocycles. The number of hydrogen-bond donors (Lipinski definition) is 2. The number of methoxy groups -OCH3 is 2. The fourth-order valence-corrected chi connectivity index (χ4v) is 2.31. The van der Waals surface area contributed by atoms with Crippen molar-refractivity contribution >= 4 is 5.96 Å². The molecule has 6 nitrogen and oxygen atoms in total. The maximum absolute atomic E-state index is 5.63. The summed E-state index contributed by atoms with van der Waals surface area (Å²) in [6, 6.07) is 5.79. The molecule has 0 heterocycles. The van der Waals surface area contributed by atoms with E-state index in [-0.39, 0.29) is 0 Å². The number of hydrogen-bond acceptors (Lipinski definition) is 4. The van der Waals surface area contributed by atoms with Gasteiger partial charge in [0.15, 0.2) is 5.96 Å². The maximum Gasteiger partial charge on any atom is 0.191 e. The predicted molar refractivity (Wildman–Crippen MR) is 95.9 cm³/mol. The van der Waals surface area contributed by atoms with Crippen LogP contribution < -0.4 is 20.1 Å². The molecule has 0 aromatic heterocycles. The summed E-state index contributed by atoms with van der Waals surface area (Å²) < 4.78 is 16.2. The zero-order chi connectivity index (χ0) is 17.2. The van der Waals surface area contributed by atoms with Gasteiger partial charge in [0.1, 0.15) is 11.5 Å². The molecule has 0 bridgehead atoms. The highest BCUT2D eigenvalue weighted by Gasteiger charge is 2.20. The minimum Gasteiger partial charge on any atom is -0.497 e. The van der Waals surface area contributed by atoms with Gasteiger partial charge in [0, 0.05) is 45.0 Å². The Morgan fingerprint density at radius 2 is 2.04 bits per heavy atom. The zero-order valence-electron chi connectivity index (χ0n) is 14.9. The van der Waals surface area contributed by atoms with Crippen molar-refractivity contribution in [2.45, 2.75) is 25.8 Å². The Balaban J connectivity index is 1.68. The van der Waals surface area contributed by atoms with Gasteiger partial charge >= 0.3 is 0 Å². The molecule has 0 amide bonds. The van der Waals surface area contributed by atoms with Crippen molar-refractivity contribution in [3.63, 3.8) is 0 Å². The molecule has 1 saturated carbocycles. The van der Waals surface area contributed by atoms with Gasteiger partial charge in [0.25, 0.3) is 0 Å². The lowest BCUT2D eigenvalue weighted by atomic mass is 10.2. The van der Waals surface area contributed by atoms with Gasteiger partial charge in [-0.05, 0) is 37.3 Å². The van der Waals surface area contributed by atoms with Crippen molar-refractivity contribution < 1.29 is 14.2 Å². The highest BCUT2D eigenvalue weighted by Crippen LogP contribution is 2.28. The summed E-state index contributed by atoms with van der Waals surface area (Å²) in [5.41, 5.74) is 1.05. The Bertz CT molecular complexity index is 530. The minimum absolute atomic E-state index is 0.630. The van der Waals surface area contributed by atoms with Crippen molar-refractivity contribution in [1.29, 1.82) is 0 Å². The summed E-state index contributed by atoms with van der Waals surface area (Å²) in [6.45, 7) is 3.19. The Kier molecular flexibility index (Phi) is 7.68. The lowest BCUT2D eigenvalue weighted by molar-refractivity contribution is 0.123. The second kappa shape index (κ2) is 10.0. The van der Waals surface area contributed by atoms with E-state index in [0.29, 0.717) is 6.54 Å². The number of nitrogens with zero attached hydrogens (tertiary/aromatic N) is 1. The predicted octanol–water partition coefficient (Wildman–Crippen LogP) is 2.19. The van der Waals surface area contributed by atoms with Crippen LogP contribution >= 0.6 is 0 Å². The van der Waals surface area contributed by atoms with Gasteiger partial charge in [-0.1, -0.05) is 0 Å². The third-order valence-corrected chi connectivity index (χ3v) is 3.97. The van der Waals surface area contributed by atoms with Crippen LogP contribution in [0.1, 0.15) is 24.8 Å². The van der Waals surface area contributed by atoms with Gasteiger partial charge in [-0.2, -0.15) is 0 Å². The largest absolute Gasteiger partial charge is 0.497 e. The standard InChI is InChI=1S/C18H29N3O3/c1-19-18(20-9-4-10-24-13-14-5-6-14)21-12-15-7-8-16(22-2)11-17(15)23-3/h7-8,11,14H,4-6,9-10,12-13H2,1-3H3,(H2,19,20,21). The molecular formula is C18H29N3O3. The van der Waals surface area contributed by atoms with Crippen molar-refractivity contribution in [3.05, 3.63) is 23.8 Å². The van der Waals surface area contributed by atoms with Crippen LogP contribution in [0.3, 0.4) is 0 Å². The minimum atomic E-state index is 0.630. The van der Waals surface area contributed by atoms with Crippen LogP contribution in [0.25, 0.3) is 0 Å². The fraction of sp³-hybridized carbons (Fsp3) is 0.611. The van der Waals surface area contributed by atoms with Crippen LogP contribution in [0.2, 0.25) is 0 Å². The van der Waals surface area contributed by atoms with Crippen molar-refractivity contribution in [1.82, 2.24) is 10.6 Å². The van der Waals surface area contributed by atoms with Crippen molar-refractivity contribution in [3.8, 4) is 11.5 Å². The molecule has 0 spiro atoms. The van der Waals surface area contributed by atoms with Gasteiger partial charge < -0.3 is 24.8 Å². The number of rotatable bonds is 10. The van der Waals surface area contributed by atoms with Crippen molar-refractivity contribution in [2.75, 3.05) is 41.0 Å². The Labute approximate surface area is 144 Å². The first-order valence-electron chi connectivity index (χ1n) is 8.50. The van der Waals surface area contributed by atoms with Gasteiger partial charge in [-0.3, -0.25) is 4.99 Å². The summed E-state index contributed by atoms with van der Waals surface area (Å²) in [5, 5.41) is 6.59. The molecule has 2 N–H and O–H groups in total. The number of ether oxygens (including phenoxy) is 3. The molecule has 0 aliphatic heterocycles. The quantitative estimate of drug-likeness (QED) is 0.390. The van der Waals surface area contributed by atoms with E-state index in [2.05, 4.69) is 15.6 Å². The first kappa shape index (κ1) is 18.4. The second-order valence-electron chi connectivity index (χ2n) is 5.90. The van der Waals surface area contributed by atoms with Crippen LogP contribution in [0.4, 0.5) is 0 Å². The Morgan fingerprint density at radius 1 is 1.21 bits per heavy atom. The molecule has 24 heavy (non-hydrogen) atoms. The summed E-state index contributed by atoms with van der Waals surface area (Å²) >= 11 is 0. The average molecular weight is 335 g/mol. The molecule has 2 rings (SSSR count). The van der Waals surface area contributed by atoms with E-state index in [4.69, 9.17) is 14.2 Å². The van der Waals surface area contributed by atoms with E-state index in [1.807, 2.05) is 18.2 Å². The zero-order valence-corrected chi connectivity index (χ0v) is 14.9. The van der Waals surface area contributed by atoms with Crippen LogP contribution in [0.15, 0.2) is 23.2 Å². The Morgan fingerprint density at radius 3 is 2.71 bits per heavy atom. The van der Waals surface area contributed by atoms with Gasteiger partial charge in [0.2, 0.25) is 0 Å². The van der Waals surface area contributed by atoms with Crippen LogP contribution in [0.5, 0.6) is 11.5 Å². The molecule has 1 aromatic carbocycles. The molecule has 6 heteroatoms. The van der Waals surface area contributed by atoms with E-state index in [1.165, 1.54) is 12.8 Å². The molecule has 1 fully saturated rings. The molecular weight excluding hydrogens is 306 g/mol. The molecule has 1 aromatic rings. The number of aliphatic imine (C=N–C) groups is 1. The number of benzene rings is 1. The summed E-state index contributed by atoms with van der Waals surface area (Å²) in [7, 11) is 5.07. The number of guanidine groups is 1. The van der Waals surface area contributed by atoms with Crippen LogP contribution in [-0.2, 0) is 11.3 Å². The molecule has 1 aliphatic rings. The normalized spacial score (nSPS) is 14.4. The third kappa shape index (κ3) is 6.28. The van der Waals surface area contributed by atoms with E-state index in [9.17, 15) is 0 Å². The smallest absolute Gasteiger partial charge is 0.191 e. The lowest BCUT2D eigenvalue weighted by Gasteiger charge is -2.14. The summed E-state index contributed by atoms with van der Waals surface area (Å²) in [6.07, 6.45) is 3.65. The van der Waals surface area contributed by atoms with Crippen LogP contribution in [0, 0.1) is 5.92 Å². The molecule has 0 atom stereocenters. The maximum atomic E-state index is 5.63. The highest BCUT2D eigenvalue weighted by atomic mass is 16.5. The first-order valence-corrected chi connectivity index (χ1v) is 8.50. The summed E-state index contributed by atoms with van der Waals surface area (Å²) in [4.78, 5) is 4.24. The number of nitrogens with one attached hydrogen (secondary N) is 2. The first-order chi connectivity index (χ1) is 11.8. The van der Waals surface area contributed by atoms with Gasteiger partial charge in [-0.15, -0.1) is 0 Å². The lowest BCUT2D eigenvalue weighted by Crippen LogP contribution is -2.37. The SMILES string of the molecule is CN=C(NCCCOCC1CC1)NCc1ccc(OC)cc1OC. The van der Waals surface area contributed by atoms with Gasteiger partial charge in [0.05, 0.1) is 14.2 Å².